The monoisotopic (exact) mass is 422 g/mol. The minimum absolute atomic E-state index is 0.0152. The zero-order chi connectivity index (χ0) is 21.5. The van der Waals surface area contributed by atoms with Crippen LogP contribution in [0, 0.1) is 6.92 Å². The number of hydrogen-bond acceptors (Lipinski definition) is 6. The van der Waals surface area contributed by atoms with Crippen LogP contribution < -0.4 is 5.56 Å². The first-order chi connectivity index (χ1) is 15.0. The van der Waals surface area contributed by atoms with E-state index >= 15 is 0 Å². The summed E-state index contributed by atoms with van der Waals surface area (Å²) in [5.41, 5.74) is 3.55. The number of rotatable bonds is 2. The lowest BCUT2D eigenvalue weighted by Crippen LogP contribution is -2.33. The van der Waals surface area contributed by atoms with Gasteiger partial charge in [0.2, 0.25) is 0 Å². The average molecular weight is 422 g/mol. The van der Waals surface area contributed by atoms with E-state index in [2.05, 4.69) is 19.5 Å². The number of carbonyl (C=O) groups is 1. The molecule has 2 aliphatic heterocycles. The standard InChI is InChI=1S/C22H26N6O3/c1-14-25-18-4-8-27(7-3-17(18)22(30)26(14)2)21(29)15-11-19-20(23-12-15)28(13-24-19)16-5-9-31-10-6-16/h11-13,16H,3-10H2,1-2H3. The Bertz CT molecular complexity index is 1210. The Labute approximate surface area is 179 Å². The topological polar surface area (TPSA) is 95.1 Å². The highest BCUT2D eigenvalue weighted by molar-refractivity contribution is 5.96. The number of amides is 1. The Morgan fingerprint density at radius 3 is 2.74 bits per heavy atom. The third kappa shape index (κ3) is 3.52. The number of carbonyl (C=O) groups excluding carboxylic acids is 1. The van der Waals surface area contributed by atoms with Crippen molar-refractivity contribution in [3.05, 3.63) is 51.6 Å². The number of imidazole rings is 1. The highest BCUT2D eigenvalue weighted by Crippen LogP contribution is 2.25. The predicted octanol–water partition coefficient (Wildman–Crippen LogP) is 1.43. The van der Waals surface area contributed by atoms with Crippen LogP contribution >= 0.6 is 0 Å². The molecule has 9 heteroatoms. The molecule has 31 heavy (non-hydrogen) atoms. The molecule has 1 amide bonds. The van der Waals surface area contributed by atoms with Crippen LogP contribution in [0.4, 0.5) is 0 Å². The molecule has 2 aliphatic rings. The summed E-state index contributed by atoms with van der Waals surface area (Å²) < 4.78 is 9.12. The van der Waals surface area contributed by atoms with Crippen molar-refractivity contribution in [1.82, 2.24) is 29.0 Å². The summed E-state index contributed by atoms with van der Waals surface area (Å²) in [5.74, 6) is 0.606. The molecule has 162 valence electrons. The predicted molar refractivity (Wildman–Crippen MR) is 114 cm³/mol. The molecular weight excluding hydrogens is 396 g/mol. The molecule has 0 radical (unpaired) electrons. The summed E-state index contributed by atoms with van der Waals surface area (Å²) in [5, 5.41) is 0. The molecule has 0 bridgehead atoms. The molecule has 1 saturated heterocycles. The first-order valence-electron chi connectivity index (χ1n) is 10.8. The fraction of sp³-hybridized carbons (Fsp3) is 0.500. The molecule has 0 unspecified atom stereocenters. The van der Waals surface area contributed by atoms with Crippen molar-refractivity contribution in [2.75, 3.05) is 26.3 Å². The Kier molecular flexibility index (Phi) is 5.05. The van der Waals surface area contributed by atoms with E-state index in [-0.39, 0.29) is 11.5 Å². The lowest BCUT2D eigenvalue weighted by Gasteiger charge is -2.23. The van der Waals surface area contributed by atoms with E-state index in [1.54, 1.807) is 22.7 Å². The second-order valence-electron chi connectivity index (χ2n) is 8.30. The first kappa shape index (κ1) is 19.9. The zero-order valence-electron chi connectivity index (χ0n) is 17.9. The van der Waals surface area contributed by atoms with Crippen LogP contribution in [0.15, 0.2) is 23.4 Å². The average Bonchev–Trinajstić information content (AvgIpc) is 3.10. The molecule has 0 N–H and O–H groups in total. The van der Waals surface area contributed by atoms with Gasteiger partial charge in [0.05, 0.1) is 17.6 Å². The van der Waals surface area contributed by atoms with Gasteiger partial charge in [-0.25, -0.2) is 15.0 Å². The van der Waals surface area contributed by atoms with Crippen molar-refractivity contribution in [2.24, 2.45) is 7.05 Å². The molecule has 0 aliphatic carbocycles. The smallest absolute Gasteiger partial charge is 0.256 e. The molecule has 1 fully saturated rings. The van der Waals surface area contributed by atoms with E-state index in [4.69, 9.17) is 4.74 Å². The summed E-state index contributed by atoms with van der Waals surface area (Å²) in [7, 11) is 1.74. The Hall–Kier alpha value is -3.07. The van der Waals surface area contributed by atoms with Gasteiger partial charge in [0.1, 0.15) is 11.3 Å². The molecule has 9 nitrogen and oxygen atoms in total. The third-order valence-electron chi connectivity index (χ3n) is 6.47. The Balaban J connectivity index is 1.37. The van der Waals surface area contributed by atoms with Gasteiger partial charge >= 0.3 is 0 Å². The molecule has 0 saturated carbocycles. The summed E-state index contributed by atoms with van der Waals surface area (Å²) >= 11 is 0. The third-order valence-corrected chi connectivity index (χ3v) is 6.47. The van der Waals surface area contributed by atoms with Crippen molar-refractivity contribution in [3.63, 3.8) is 0 Å². The van der Waals surface area contributed by atoms with Gasteiger partial charge in [0.25, 0.3) is 11.5 Å². The quantitative estimate of drug-likeness (QED) is 0.620. The molecular formula is C22H26N6O3. The van der Waals surface area contributed by atoms with Gasteiger partial charge in [0, 0.05) is 57.6 Å². The number of nitrogens with zero attached hydrogens (tertiary/aromatic N) is 6. The van der Waals surface area contributed by atoms with Crippen molar-refractivity contribution in [2.45, 2.75) is 38.6 Å². The number of pyridine rings is 1. The van der Waals surface area contributed by atoms with Gasteiger partial charge in [-0.05, 0) is 32.3 Å². The van der Waals surface area contributed by atoms with Gasteiger partial charge in [0.15, 0.2) is 5.65 Å². The molecule has 3 aromatic rings. The van der Waals surface area contributed by atoms with Crippen LogP contribution in [-0.2, 0) is 24.6 Å². The fourth-order valence-electron chi connectivity index (χ4n) is 4.52. The van der Waals surface area contributed by atoms with Crippen LogP contribution in [0.5, 0.6) is 0 Å². The number of aryl methyl sites for hydroxylation is 1. The Morgan fingerprint density at radius 1 is 1.16 bits per heavy atom. The molecule has 0 atom stereocenters. The molecule has 5 rings (SSSR count). The number of aromatic nitrogens is 5. The minimum atomic E-state index is -0.0867. The van der Waals surface area contributed by atoms with Gasteiger partial charge in [-0.3, -0.25) is 14.2 Å². The zero-order valence-corrected chi connectivity index (χ0v) is 17.9. The summed E-state index contributed by atoms with van der Waals surface area (Å²) in [6, 6.07) is 2.15. The van der Waals surface area contributed by atoms with E-state index in [0.29, 0.717) is 48.9 Å². The second kappa shape index (κ2) is 7.88. The van der Waals surface area contributed by atoms with Crippen LogP contribution in [-0.4, -0.2) is 61.2 Å². The molecule has 3 aromatic heterocycles. The van der Waals surface area contributed by atoms with Crippen LogP contribution in [0.3, 0.4) is 0 Å². The van der Waals surface area contributed by atoms with E-state index in [0.717, 1.165) is 42.9 Å². The van der Waals surface area contributed by atoms with Gasteiger partial charge < -0.3 is 14.2 Å². The fourth-order valence-corrected chi connectivity index (χ4v) is 4.52. The molecule has 0 spiro atoms. The molecule has 5 heterocycles. The van der Waals surface area contributed by atoms with Gasteiger partial charge in [-0.15, -0.1) is 0 Å². The second-order valence-corrected chi connectivity index (χ2v) is 8.30. The minimum Gasteiger partial charge on any atom is -0.381 e. The van der Waals surface area contributed by atoms with Crippen LogP contribution in [0.1, 0.15) is 46.3 Å². The summed E-state index contributed by atoms with van der Waals surface area (Å²) in [6.45, 7) is 4.34. The largest absolute Gasteiger partial charge is 0.381 e. The van der Waals surface area contributed by atoms with E-state index < -0.39 is 0 Å². The lowest BCUT2D eigenvalue weighted by molar-refractivity contribution is 0.0704. The highest BCUT2D eigenvalue weighted by Gasteiger charge is 2.24. The normalized spacial score (nSPS) is 17.5. The summed E-state index contributed by atoms with van der Waals surface area (Å²) in [4.78, 5) is 41.3. The number of fused-ring (bicyclic) bond motifs is 2. The van der Waals surface area contributed by atoms with Crippen LogP contribution in [0.2, 0.25) is 0 Å². The first-order valence-corrected chi connectivity index (χ1v) is 10.8. The maximum Gasteiger partial charge on any atom is 0.256 e. The van der Waals surface area contributed by atoms with E-state index in [9.17, 15) is 9.59 Å². The lowest BCUT2D eigenvalue weighted by atomic mass is 10.1. The number of hydrogen-bond donors (Lipinski definition) is 0. The van der Waals surface area contributed by atoms with Gasteiger partial charge in [-0.2, -0.15) is 0 Å². The maximum absolute atomic E-state index is 13.2. The van der Waals surface area contributed by atoms with E-state index in [1.165, 1.54) is 0 Å². The summed E-state index contributed by atoms with van der Waals surface area (Å²) in [6.07, 6.45) is 6.42. The maximum atomic E-state index is 13.2. The molecule has 0 aromatic carbocycles. The number of ether oxygens (including phenoxy) is 1. The Morgan fingerprint density at radius 2 is 1.94 bits per heavy atom. The van der Waals surface area contributed by atoms with Crippen LogP contribution in [0.25, 0.3) is 11.2 Å². The van der Waals surface area contributed by atoms with Crippen molar-refractivity contribution in [1.29, 1.82) is 0 Å². The van der Waals surface area contributed by atoms with E-state index in [1.807, 2.05) is 19.3 Å². The van der Waals surface area contributed by atoms with Crippen molar-refractivity contribution in [3.8, 4) is 0 Å². The van der Waals surface area contributed by atoms with Gasteiger partial charge in [-0.1, -0.05) is 0 Å². The SMILES string of the molecule is Cc1nc2c(c(=O)n1C)CCN(C(=O)c1cnc3c(c1)ncn3C1CCOCC1)CC2. The van der Waals surface area contributed by atoms with Crippen molar-refractivity contribution < 1.29 is 9.53 Å². The van der Waals surface area contributed by atoms with Crippen molar-refractivity contribution >= 4 is 17.1 Å². The highest BCUT2D eigenvalue weighted by atomic mass is 16.5.